The fourth-order valence-corrected chi connectivity index (χ4v) is 0.839. The van der Waals surface area contributed by atoms with Crippen LogP contribution in [0.15, 0.2) is 36.9 Å². The van der Waals surface area contributed by atoms with Gasteiger partial charge in [0.25, 0.3) is 0 Å². The van der Waals surface area contributed by atoms with Crippen molar-refractivity contribution in [3.8, 4) is 5.75 Å². The normalized spacial score (nSPS) is 8.36. The molecular weight excluding hydrogens is 156 g/mol. The van der Waals surface area contributed by atoms with Crippen LogP contribution in [0.25, 0.3) is 0 Å². The molecule has 0 spiro atoms. The van der Waals surface area contributed by atoms with Gasteiger partial charge in [0.1, 0.15) is 5.75 Å². The van der Waals surface area contributed by atoms with Crippen molar-refractivity contribution in [2.75, 3.05) is 0 Å². The van der Waals surface area contributed by atoms with Crippen molar-refractivity contribution < 1.29 is 5.11 Å². The summed E-state index contributed by atoms with van der Waals surface area (Å²) in [5.41, 5.74) is 0.928. The van der Waals surface area contributed by atoms with E-state index in [2.05, 4.69) is 6.58 Å². The Balaban J connectivity index is 0.000001000. The average Bonchev–Trinajstić information content (AvgIpc) is 1.94. The van der Waals surface area contributed by atoms with Crippen molar-refractivity contribution in [3.63, 3.8) is 0 Å². The maximum Gasteiger partial charge on any atom is 0.119 e. The highest BCUT2D eigenvalue weighted by molar-refractivity contribution is 7.59. The Morgan fingerprint density at radius 3 is 2.55 bits per heavy atom. The molecule has 0 aliphatic heterocycles. The number of phenolic OH excluding ortho intramolecular Hbond substituents is 1. The number of aromatic hydroxyl groups is 1. The van der Waals surface area contributed by atoms with Gasteiger partial charge >= 0.3 is 0 Å². The molecule has 60 valence electrons. The van der Waals surface area contributed by atoms with Gasteiger partial charge in [-0.1, -0.05) is 24.3 Å². The molecule has 0 unspecified atom stereocenters. The van der Waals surface area contributed by atoms with Crippen LogP contribution in [0.2, 0.25) is 0 Å². The Labute approximate surface area is 73.8 Å². The van der Waals surface area contributed by atoms with Crippen LogP contribution in [0.4, 0.5) is 0 Å². The summed E-state index contributed by atoms with van der Waals surface area (Å²) in [4.78, 5) is 0. The molecule has 0 saturated heterocycles. The van der Waals surface area contributed by atoms with Gasteiger partial charge in [0.15, 0.2) is 0 Å². The SMILES string of the molecule is C=CCc1ccccc1O.S. The van der Waals surface area contributed by atoms with Gasteiger partial charge in [0, 0.05) is 0 Å². The lowest BCUT2D eigenvalue weighted by atomic mass is 10.1. The first kappa shape index (κ1) is 10.1. The fraction of sp³-hybridized carbons (Fsp3) is 0.111. The molecule has 2 heteroatoms. The summed E-state index contributed by atoms with van der Waals surface area (Å²) in [6.45, 7) is 3.59. The van der Waals surface area contributed by atoms with E-state index in [-0.39, 0.29) is 13.5 Å². The molecule has 0 amide bonds. The first-order valence-electron chi connectivity index (χ1n) is 3.22. The molecule has 1 aromatic rings. The topological polar surface area (TPSA) is 20.2 Å². The van der Waals surface area contributed by atoms with Gasteiger partial charge in [-0.25, -0.2) is 0 Å². The van der Waals surface area contributed by atoms with Crippen LogP contribution >= 0.6 is 13.5 Å². The Morgan fingerprint density at radius 1 is 1.36 bits per heavy atom. The summed E-state index contributed by atoms with van der Waals surface area (Å²) in [5.74, 6) is 0.349. The summed E-state index contributed by atoms with van der Waals surface area (Å²) in [6, 6.07) is 7.27. The molecule has 0 atom stereocenters. The van der Waals surface area contributed by atoms with E-state index in [9.17, 15) is 5.11 Å². The minimum absolute atomic E-state index is 0. The molecule has 0 heterocycles. The third-order valence-corrected chi connectivity index (χ3v) is 1.36. The van der Waals surface area contributed by atoms with E-state index >= 15 is 0 Å². The lowest BCUT2D eigenvalue weighted by Gasteiger charge is -1.97. The molecule has 0 aromatic heterocycles. The van der Waals surface area contributed by atoms with Crippen LogP contribution in [-0.4, -0.2) is 5.11 Å². The third-order valence-electron chi connectivity index (χ3n) is 1.36. The first-order chi connectivity index (χ1) is 4.84. The Kier molecular flexibility index (Phi) is 4.46. The Morgan fingerprint density at radius 2 is 2.00 bits per heavy atom. The summed E-state index contributed by atoms with van der Waals surface area (Å²) in [6.07, 6.45) is 2.50. The van der Waals surface area contributed by atoms with Gasteiger partial charge in [-0.2, -0.15) is 13.5 Å². The van der Waals surface area contributed by atoms with Gasteiger partial charge in [-0.05, 0) is 18.1 Å². The molecule has 0 fully saturated rings. The predicted molar refractivity (Wildman–Crippen MR) is 52.4 cm³/mol. The van der Waals surface area contributed by atoms with Crippen molar-refractivity contribution in [1.29, 1.82) is 0 Å². The predicted octanol–water partition coefficient (Wildman–Crippen LogP) is 2.23. The lowest BCUT2D eigenvalue weighted by Crippen LogP contribution is -1.79. The fourth-order valence-electron chi connectivity index (χ4n) is 0.839. The second kappa shape index (κ2) is 4.85. The van der Waals surface area contributed by atoms with Gasteiger partial charge in [-0.15, -0.1) is 6.58 Å². The minimum atomic E-state index is 0. The van der Waals surface area contributed by atoms with Crippen LogP contribution in [0.1, 0.15) is 5.56 Å². The number of hydrogen-bond donors (Lipinski definition) is 1. The van der Waals surface area contributed by atoms with E-state index in [4.69, 9.17) is 0 Å². The molecule has 1 N–H and O–H groups in total. The zero-order valence-electron chi connectivity index (χ0n) is 6.25. The zero-order valence-corrected chi connectivity index (χ0v) is 7.25. The molecular formula is C9H12OS. The van der Waals surface area contributed by atoms with Gasteiger partial charge in [0.2, 0.25) is 0 Å². The molecule has 0 bridgehead atoms. The molecule has 0 aliphatic carbocycles. The van der Waals surface area contributed by atoms with Crippen molar-refractivity contribution in [3.05, 3.63) is 42.5 Å². The van der Waals surface area contributed by atoms with Gasteiger partial charge in [0.05, 0.1) is 0 Å². The van der Waals surface area contributed by atoms with Crippen molar-refractivity contribution in [2.45, 2.75) is 6.42 Å². The van der Waals surface area contributed by atoms with E-state index < -0.39 is 0 Å². The largest absolute Gasteiger partial charge is 0.508 e. The molecule has 0 saturated carbocycles. The van der Waals surface area contributed by atoms with E-state index in [1.165, 1.54) is 0 Å². The molecule has 11 heavy (non-hydrogen) atoms. The maximum atomic E-state index is 9.19. The standard InChI is InChI=1S/C9H10O.H2S/c1-2-5-8-6-3-4-7-9(8)10;/h2-4,6-7,10H,1,5H2;1H2. The molecule has 1 rings (SSSR count). The van der Waals surface area contributed by atoms with Crippen molar-refractivity contribution >= 4 is 13.5 Å². The van der Waals surface area contributed by atoms with E-state index in [1.807, 2.05) is 18.2 Å². The monoisotopic (exact) mass is 168 g/mol. The highest BCUT2D eigenvalue weighted by atomic mass is 32.1. The smallest absolute Gasteiger partial charge is 0.119 e. The van der Waals surface area contributed by atoms with E-state index in [1.54, 1.807) is 12.1 Å². The van der Waals surface area contributed by atoms with Crippen molar-refractivity contribution in [2.24, 2.45) is 0 Å². The number of phenols is 1. The third kappa shape index (κ3) is 2.68. The summed E-state index contributed by atoms with van der Waals surface area (Å²) in [7, 11) is 0. The number of hydrogen-bond acceptors (Lipinski definition) is 1. The van der Waals surface area contributed by atoms with Gasteiger partial charge in [-0.3, -0.25) is 0 Å². The number of para-hydroxylation sites is 1. The highest BCUT2D eigenvalue weighted by Crippen LogP contribution is 2.15. The maximum absolute atomic E-state index is 9.19. The molecule has 0 aliphatic rings. The van der Waals surface area contributed by atoms with Crippen LogP contribution in [0.3, 0.4) is 0 Å². The molecule has 1 aromatic carbocycles. The van der Waals surface area contributed by atoms with Crippen molar-refractivity contribution in [1.82, 2.24) is 0 Å². The van der Waals surface area contributed by atoms with Crippen LogP contribution in [-0.2, 0) is 6.42 Å². The summed E-state index contributed by atoms with van der Waals surface area (Å²) >= 11 is 0. The van der Waals surface area contributed by atoms with E-state index in [0.29, 0.717) is 5.75 Å². The molecule has 1 nitrogen and oxygen atoms in total. The second-order valence-electron chi connectivity index (χ2n) is 2.12. The first-order valence-corrected chi connectivity index (χ1v) is 3.22. The number of benzene rings is 1. The quantitative estimate of drug-likeness (QED) is 0.671. The lowest BCUT2D eigenvalue weighted by molar-refractivity contribution is 0.470. The summed E-state index contributed by atoms with van der Waals surface area (Å²) < 4.78 is 0. The van der Waals surface area contributed by atoms with E-state index in [0.717, 1.165) is 12.0 Å². The Hall–Kier alpha value is -0.890. The second-order valence-corrected chi connectivity index (χ2v) is 2.12. The van der Waals surface area contributed by atoms with Crippen LogP contribution in [0.5, 0.6) is 5.75 Å². The van der Waals surface area contributed by atoms with Gasteiger partial charge < -0.3 is 5.11 Å². The van der Waals surface area contributed by atoms with Crippen LogP contribution in [0, 0.1) is 0 Å². The zero-order chi connectivity index (χ0) is 7.40. The summed E-state index contributed by atoms with van der Waals surface area (Å²) in [5, 5.41) is 9.19. The number of allylic oxidation sites excluding steroid dienone is 1. The minimum Gasteiger partial charge on any atom is -0.508 e. The average molecular weight is 168 g/mol. The van der Waals surface area contributed by atoms with Crippen LogP contribution < -0.4 is 0 Å². The Bertz CT molecular complexity index is 233. The number of rotatable bonds is 2. The molecule has 0 radical (unpaired) electrons. The highest BCUT2D eigenvalue weighted by Gasteiger charge is 1.93.